The van der Waals surface area contributed by atoms with E-state index in [1.165, 1.54) is 42.8 Å². The molecule has 0 radical (unpaired) electrons. The van der Waals surface area contributed by atoms with Gasteiger partial charge in [-0.05, 0) is 47.5 Å². The van der Waals surface area contributed by atoms with Crippen LogP contribution >= 0.6 is 27.5 Å². The number of halogens is 6. The molecule has 0 saturated carbocycles. The summed E-state index contributed by atoms with van der Waals surface area (Å²) in [5.74, 6) is -0.850. The molecule has 0 aliphatic carbocycles. The molecule has 2 aromatic heterocycles. The summed E-state index contributed by atoms with van der Waals surface area (Å²) in [5, 5.41) is 10.5. The molecule has 6 nitrogen and oxygen atoms in total. The van der Waals surface area contributed by atoms with Crippen molar-refractivity contribution in [2.75, 3.05) is 5.32 Å². The number of nitrogens with zero attached hydrogens (tertiary/aromatic N) is 4. The maximum atomic E-state index is 13.1. The van der Waals surface area contributed by atoms with Crippen LogP contribution in [0.3, 0.4) is 0 Å². The molecule has 0 bridgehead atoms. The molecule has 1 N–H and O–H groups in total. The van der Waals surface area contributed by atoms with Crippen LogP contribution in [-0.4, -0.2) is 25.5 Å². The van der Waals surface area contributed by atoms with Crippen LogP contribution in [0.5, 0.6) is 0 Å². The highest BCUT2D eigenvalue weighted by atomic mass is 79.9. The first-order valence-electron chi connectivity index (χ1n) is 8.57. The van der Waals surface area contributed by atoms with Crippen LogP contribution < -0.4 is 5.32 Å². The molecule has 160 valence electrons. The molecular weight excluding hydrogens is 494 g/mol. The lowest BCUT2D eigenvalue weighted by atomic mass is 10.2. The Labute approximate surface area is 181 Å². The van der Waals surface area contributed by atoms with Gasteiger partial charge in [0.2, 0.25) is 5.91 Å². The maximum Gasteiger partial charge on any atom is 0.436 e. The second-order valence-corrected chi connectivity index (χ2v) is 7.69. The zero-order chi connectivity index (χ0) is 22.2. The number of anilines is 1. The van der Waals surface area contributed by atoms with Crippen LogP contribution in [0.1, 0.15) is 29.9 Å². The monoisotopic (exact) mass is 507 g/mol. The predicted octanol–water partition coefficient (Wildman–Crippen LogP) is 5.21. The van der Waals surface area contributed by atoms with E-state index in [-0.39, 0.29) is 27.6 Å². The molecule has 30 heavy (non-hydrogen) atoms. The third-order valence-corrected chi connectivity index (χ3v) is 5.63. The zero-order valence-corrected chi connectivity index (χ0v) is 18.0. The van der Waals surface area contributed by atoms with Crippen molar-refractivity contribution in [3.63, 3.8) is 0 Å². The van der Waals surface area contributed by atoms with Crippen molar-refractivity contribution in [3.8, 4) is 0 Å². The third-order valence-electron chi connectivity index (χ3n) is 4.33. The smallest absolute Gasteiger partial charge is 0.307 e. The molecule has 3 aromatic rings. The number of hydrogen-bond acceptors (Lipinski definition) is 3. The average molecular weight is 509 g/mol. The normalized spacial score (nSPS) is 12.8. The molecule has 1 unspecified atom stereocenters. The van der Waals surface area contributed by atoms with Crippen molar-refractivity contribution in [1.29, 1.82) is 0 Å². The molecular formula is C18H15BrClF4N5O. The average Bonchev–Trinajstić information content (AvgIpc) is 3.21. The summed E-state index contributed by atoms with van der Waals surface area (Å²) in [6.45, 7) is 3.10. The summed E-state index contributed by atoms with van der Waals surface area (Å²) in [6.07, 6.45) is -3.07. The van der Waals surface area contributed by atoms with Crippen molar-refractivity contribution in [3.05, 3.63) is 62.7 Å². The molecule has 1 aromatic carbocycles. The molecule has 1 amide bonds. The molecule has 0 saturated heterocycles. The maximum absolute atomic E-state index is 13.1. The summed E-state index contributed by atoms with van der Waals surface area (Å²) in [7, 11) is 0. The van der Waals surface area contributed by atoms with Crippen molar-refractivity contribution >= 4 is 39.3 Å². The van der Waals surface area contributed by atoms with Gasteiger partial charge in [0, 0.05) is 17.3 Å². The number of hydrogen-bond donors (Lipinski definition) is 1. The fraction of sp³-hybridized carbons (Fsp3) is 0.278. The number of nitrogens with one attached hydrogen (secondary N) is 1. The van der Waals surface area contributed by atoms with Gasteiger partial charge in [-0.3, -0.25) is 14.2 Å². The lowest BCUT2D eigenvalue weighted by Gasteiger charge is -2.13. The highest BCUT2D eigenvalue weighted by Crippen LogP contribution is 2.36. The molecule has 0 aliphatic heterocycles. The number of carbonyl (C=O) groups is 1. The summed E-state index contributed by atoms with van der Waals surface area (Å²) >= 11 is 8.88. The fourth-order valence-corrected chi connectivity index (χ4v) is 3.45. The SMILES string of the molecule is Cc1c(Br)c(C(F)(F)F)nn1C(C)C(=O)Nc1ccn(Cc2ccc(F)cc2Cl)n1. The lowest BCUT2D eigenvalue weighted by molar-refractivity contribution is -0.142. The van der Waals surface area contributed by atoms with Crippen LogP contribution in [0.4, 0.5) is 23.4 Å². The Morgan fingerprint density at radius 2 is 2.00 bits per heavy atom. The minimum absolute atomic E-state index is 0.168. The van der Waals surface area contributed by atoms with E-state index in [2.05, 4.69) is 31.4 Å². The Balaban J connectivity index is 1.72. The van der Waals surface area contributed by atoms with Gasteiger partial charge in [-0.1, -0.05) is 17.7 Å². The quantitative estimate of drug-likeness (QED) is 0.481. The highest BCUT2D eigenvalue weighted by molar-refractivity contribution is 9.10. The predicted molar refractivity (Wildman–Crippen MR) is 106 cm³/mol. The van der Waals surface area contributed by atoms with E-state index >= 15 is 0 Å². The van der Waals surface area contributed by atoms with Gasteiger partial charge in [-0.15, -0.1) is 0 Å². The van der Waals surface area contributed by atoms with E-state index in [4.69, 9.17) is 11.6 Å². The van der Waals surface area contributed by atoms with Crippen molar-refractivity contribution in [1.82, 2.24) is 19.6 Å². The molecule has 0 aliphatic rings. The van der Waals surface area contributed by atoms with Crippen LogP contribution in [0.15, 0.2) is 34.9 Å². The molecule has 0 spiro atoms. The van der Waals surface area contributed by atoms with Crippen molar-refractivity contribution in [2.45, 2.75) is 32.6 Å². The Bertz CT molecular complexity index is 1090. The Kier molecular flexibility index (Phi) is 6.23. The number of amides is 1. The first kappa shape index (κ1) is 22.3. The van der Waals surface area contributed by atoms with E-state index in [9.17, 15) is 22.4 Å². The molecule has 12 heteroatoms. The largest absolute Gasteiger partial charge is 0.436 e. The van der Waals surface area contributed by atoms with Crippen LogP contribution in [0, 0.1) is 12.7 Å². The molecule has 0 fully saturated rings. The second-order valence-electron chi connectivity index (χ2n) is 6.49. The molecule has 2 heterocycles. The second kappa shape index (κ2) is 8.38. The van der Waals surface area contributed by atoms with E-state index in [1.54, 1.807) is 6.20 Å². The van der Waals surface area contributed by atoms with Gasteiger partial charge in [0.15, 0.2) is 11.5 Å². The van der Waals surface area contributed by atoms with Crippen LogP contribution in [-0.2, 0) is 17.5 Å². The minimum atomic E-state index is -4.65. The lowest BCUT2D eigenvalue weighted by Crippen LogP contribution is -2.26. The van der Waals surface area contributed by atoms with Crippen LogP contribution in [0.25, 0.3) is 0 Å². The fourth-order valence-electron chi connectivity index (χ4n) is 2.74. The van der Waals surface area contributed by atoms with Gasteiger partial charge in [-0.25, -0.2) is 4.39 Å². The van der Waals surface area contributed by atoms with Crippen molar-refractivity contribution < 1.29 is 22.4 Å². The summed E-state index contributed by atoms with van der Waals surface area (Å²) in [4.78, 5) is 12.5. The van der Waals surface area contributed by atoms with Gasteiger partial charge < -0.3 is 5.32 Å². The summed E-state index contributed by atoms with van der Waals surface area (Å²) in [5.41, 5.74) is -0.300. The van der Waals surface area contributed by atoms with Gasteiger partial charge in [0.05, 0.1) is 16.7 Å². The van der Waals surface area contributed by atoms with Crippen molar-refractivity contribution in [2.24, 2.45) is 0 Å². The number of carbonyl (C=O) groups excluding carboxylic acids is 1. The van der Waals surface area contributed by atoms with Crippen LogP contribution in [0.2, 0.25) is 5.02 Å². The summed E-state index contributed by atoms with van der Waals surface area (Å²) < 4.78 is 54.5. The number of aromatic nitrogens is 4. The Hall–Kier alpha value is -2.40. The molecule has 3 rings (SSSR count). The van der Waals surface area contributed by atoms with Gasteiger partial charge in [0.25, 0.3) is 0 Å². The van der Waals surface area contributed by atoms with E-state index in [0.717, 1.165) is 4.68 Å². The molecule has 1 atom stereocenters. The summed E-state index contributed by atoms with van der Waals surface area (Å²) in [6, 6.07) is 4.49. The van der Waals surface area contributed by atoms with E-state index in [1.807, 2.05) is 0 Å². The highest BCUT2D eigenvalue weighted by Gasteiger charge is 2.39. The first-order chi connectivity index (χ1) is 14.0. The van der Waals surface area contributed by atoms with E-state index < -0.39 is 29.6 Å². The Morgan fingerprint density at radius 3 is 2.60 bits per heavy atom. The standard InChI is InChI=1S/C18H15BrClF4N5O/c1-9-15(19)16(18(22,23)24)27-29(9)10(2)17(30)25-14-5-6-28(26-14)8-11-3-4-12(21)7-13(11)20/h3-7,10H,8H2,1-2H3,(H,25,26,30). The van der Waals surface area contributed by atoms with Gasteiger partial charge in [-0.2, -0.15) is 23.4 Å². The zero-order valence-electron chi connectivity index (χ0n) is 15.6. The Morgan fingerprint density at radius 1 is 1.30 bits per heavy atom. The minimum Gasteiger partial charge on any atom is -0.307 e. The first-order valence-corrected chi connectivity index (χ1v) is 9.74. The van der Waals surface area contributed by atoms with E-state index in [0.29, 0.717) is 5.56 Å². The van der Waals surface area contributed by atoms with Gasteiger partial charge in [0.1, 0.15) is 11.9 Å². The number of rotatable bonds is 5. The number of benzene rings is 1. The topological polar surface area (TPSA) is 64.7 Å². The number of alkyl halides is 3. The van der Waals surface area contributed by atoms with Gasteiger partial charge >= 0.3 is 6.18 Å². The third kappa shape index (κ3) is 4.67.